The molecule has 0 aliphatic rings. The SMILES string of the molecule is OCCCC(CC(CCCO)c1ccccc1)c1ccccc1. The summed E-state index contributed by atoms with van der Waals surface area (Å²) in [5.41, 5.74) is 2.71. The highest BCUT2D eigenvalue weighted by atomic mass is 16.3. The van der Waals surface area contributed by atoms with Crippen LogP contribution >= 0.6 is 0 Å². The van der Waals surface area contributed by atoms with Gasteiger partial charge in [-0.05, 0) is 55.1 Å². The van der Waals surface area contributed by atoms with E-state index in [4.69, 9.17) is 0 Å². The highest BCUT2D eigenvalue weighted by Crippen LogP contribution is 2.35. The van der Waals surface area contributed by atoms with Gasteiger partial charge in [-0.25, -0.2) is 0 Å². The molecule has 2 heteroatoms. The first kappa shape index (κ1) is 17.7. The molecule has 2 unspecified atom stereocenters. The summed E-state index contributed by atoms with van der Waals surface area (Å²) in [7, 11) is 0. The number of hydrogen-bond donors (Lipinski definition) is 2. The van der Waals surface area contributed by atoms with Crippen LogP contribution in [0.2, 0.25) is 0 Å². The van der Waals surface area contributed by atoms with Crippen molar-refractivity contribution < 1.29 is 10.2 Å². The van der Waals surface area contributed by atoms with Crippen LogP contribution in [-0.2, 0) is 0 Å². The van der Waals surface area contributed by atoms with E-state index in [-0.39, 0.29) is 13.2 Å². The van der Waals surface area contributed by atoms with Crippen molar-refractivity contribution in [2.45, 2.75) is 43.9 Å². The highest BCUT2D eigenvalue weighted by molar-refractivity contribution is 5.23. The lowest BCUT2D eigenvalue weighted by molar-refractivity contribution is 0.269. The van der Waals surface area contributed by atoms with Gasteiger partial charge in [0, 0.05) is 13.2 Å². The fourth-order valence-electron chi connectivity index (χ4n) is 3.31. The van der Waals surface area contributed by atoms with E-state index in [2.05, 4.69) is 48.5 Å². The normalized spacial score (nSPS) is 13.7. The molecule has 2 aromatic rings. The summed E-state index contributed by atoms with van der Waals surface area (Å²) < 4.78 is 0. The summed E-state index contributed by atoms with van der Waals surface area (Å²) in [5.74, 6) is 0.902. The van der Waals surface area contributed by atoms with Crippen molar-refractivity contribution in [2.75, 3.05) is 13.2 Å². The molecule has 2 atom stereocenters. The van der Waals surface area contributed by atoms with Gasteiger partial charge in [0.05, 0.1) is 0 Å². The molecule has 0 heterocycles. The van der Waals surface area contributed by atoms with Crippen LogP contribution < -0.4 is 0 Å². The van der Waals surface area contributed by atoms with E-state index in [9.17, 15) is 10.2 Å². The minimum absolute atomic E-state index is 0.246. The minimum Gasteiger partial charge on any atom is -0.396 e. The van der Waals surface area contributed by atoms with Crippen molar-refractivity contribution in [1.29, 1.82) is 0 Å². The van der Waals surface area contributed by atoms with Crippen molar-refractivity contribution >= 4 is 0 Å². The molecule has 0 aromatic heterocycles. The molecule has 0 saturated heterocycles. The van der Waals surface area contributed by atoms with Crippen LogP contribution in [0.4, 0.5) is 0 Å². The van der Waals surface area contributed by atoms with Gasteiger partial charge >= 0.3 is 0 Å². The maximum Gasteiger partial charge on any atom is 0.0431 e. The summed E-state index contributed by atoms with van der Waals surface area (Å²) in [6.07, 6.45) is 4.74. The fraction of sp³-hybridized carbons (Fsp3) is 0.429. The molecule has 0 fully saturated rings. The molecule has 2 N–H and O–H groups in total. The molecule has 0 bridgehead atoms. The Kier molecular flexibility index (Phi) is 7.85. The van der Waals surface area contributed by atoms with Crippen LogP contribution in [0.1, 0.15) is 55.1 Å². The summed E-state index contributed by atoms with van der Waals surface area (Å²) in [5, 5.41) is 18.4. The smallest absolute Gasteiger partial charge is 0.0431 e. The molecule has 0 aliphatic heterocycles. The largest absolute Gasteiger partial charge is 0.396 e. The molecule has 23 heavy (non-hydrogen) atoms. The van der Waals surface area contributed by atoms with E-state index < -0.39 is 0 Å². The Balaban J connectivity index is 2.15. The van der Waals surface area contributed by atoms with Gasteiger partial charge in [-0.3, -0.25) is 0 Å². The van der Waals surface area contributed by atoms with Gasteiger partial charge in [0.25, 0.3) is 0 Å². The van der Waals surface area contributed by atoms with Crippen LogP contribution in [0.25, 0.3) is 0 Å². The Morgan fingerprint density at radius 2 is 1.00 bits per heavy atom. The van der Waals surface area contributed by atoms with E-state index >= 15 is 0 Å². The molecule has 0 saturated carbocycles. The number of benzene rings is 2. The summed E-state index contributed by atoms with van der Waals surface area (Å²) >= 11 is 0. The maximum atomic E-state index is 9.22. The number of rotatable bonds is 10. The first-order chi connectivity index (χ1) is 11.3. The second-order valence-corrected chi connectivity index (χ2v) is 6.18. The van der Waals surface area contributed by atoms with E-state index in [0.29, 0.717) is 11.8 Å². The third kappa shape index (κ3) is 5.81. The quantitative estimate of drug-likeness (QED) is 0.678. The first-order valence-corrected chi connectivity index (χ1v) is 8.66. The van der Waals surface area contributed by atoms with E-state index in [1.807, 2.05) is 12.1 Å². The molecule has 124 valence electrons. The van der Waals surface area contributed by atoms with Crippen LogP contribution in [0.5, 0.6) is 0 Å². The predicted molar refractivity (Wildman–Crippen MR) is 95.6 cm³/mol. The van der Waals surface area contributed by atoms with Crippen LogP contribution in [0.15, 0.2) is 60.7 Å². The molecule has 2 nitrogen and oxygen atoms in total. The molecule has 2 aromatic carbocycles. The zero-order chi connectivity index (χ0) is 16.3. The summed E-state index contributed by atoms with van der Waals surface area (Å²) in [6, 6.07) is 21.2. The van der Waals surface area contributed by atoms with Crippen molar-refractivity contribution in [3.63, 3.8) is 0 Å². The van der Waals surface area contributed by atoms with Gasteiger partial charge in [0.15, 0.2) is 0 Å². The second-order valence-electron chi connectivity index (χ2n) is 6.18. The average molecular weight is 312 g/mol. The molecular weight excluding hydrogens is 284 g/mol. The summed E-state index contributed by atoms with van der Waals surface area (Å²) in [4.78, 5) is 0. The van der Waals surface area contributed by atoms with E-state index in [1.54, 1.807) is 0 Å². The highest BCUT2D eigenvalue weighted by Gasteiger charge is 2.19. The zero-order valence-electron chi connectivity index (χ0n) is 13.8. The average Bonchev–Trinajstić information content (AvgIpc) is 2.62. The van der Waals surface area contributed by atoms with Gasteiger partial charge in [-0.1, -0.05) is 60.7 Å². The Hall–Kier alpha value is -1.64. The Bertz CT molecular complexity index is 475. The maximum absolute atomic E-state index is 9.22. The number of aliphatic hydroxyl groups excluding tert-OH is 2. The van der Waals surface area contributed by atoms with Crippen molar-refractivity contribution in [3.05, 3.63) is 71.8 Å². The van der Waals surface area contributed by atoms with Crippen molar-refractivity contribution in [3.8, 4) is 0 Å². The zero-order valence-corrected chi connectivity index (χ0v) is 13.8. The minimum atomic E-state index is 0.246. The van der Waals surface area contributed by atoms with Crippen LogP contribution in [0, 0.1) is 0 Å². The Morgan fingerprint density at radius 1 is 0.609 bits per heavy atom. The fourth-order valence-corrected chi connectivity index (χ4v) is 3.31. The second kappa shape index (κ2) is 10.2. The van der Waals surface area contributed by atoms with Gasteiger partial charge < -0.3 is 10.2 Å². The first-order valence-electron chi connectivity index (χ1n) is 8.66. The van der Waals surface area contributed by atoms with Gasteiger partial charge in [0.1, 0.15) is 0 Å². The van der Waals surface area contributed by atoms with E-state index in [1.165, 1.54) is 11.1 Å². The number of hydrogen-bond acceptors (Lipinski definition) is 2. The molecular formula is C21H28O2. The summed E-state index contributed by atoms with van der Waals surface area (Å²) in [6.45, 7) is 0.492. The van der Waals surface area contributed by atoms with E-state index in [0.717, 1.165) is 32.1 Å². The lowest BCUT2D eigenvalue weighted by Gasteiger charge is -2.24. The van der Waals surface area contributed by atoms with Crippen LogP contribution in [0.3, 0.4) is 0 Å². The molecule has 0 spiro atoms. The monoisotopic (exact) mass is 312 g/mol. The molecule has 0 amide bonds. The lowest BCUT2D eigenvalue weighted by Crippen LogP contribution is -2.09. The van der Waals surface area contributed by atoms with Crippen molar-refractivity contribution in [1.82, 2.24) is 0 Å². The van der Waals surface area contributed by atoms with Gasteiger partial charge in [-0.2, -0.15) is 0 Å². The lowest BCUT2D eigenvalue weighted by atomic mass is 9.81. The third-order valence-corrected chi connectivity index (χ3v) is 4.53. The van der Waals surface area contributed by atoms with Gasteiger partial charge in [-0.15, -0.1) is 0 Å². The Labute approximate surface area is 139 Å². The molecule has 0 aliphatic carbocycles. The third-order valence-electron chi connectivity index (χ3n) is 4.53. The topological polar surface area (TPSA) is 40.5 Å². The van der Waals surface area contributed by atoms with Crippen molar-refractivity contribution in [2.24, 2.45) is 0 Å². The number of aliphatic hydroxyl groups is 2. The van der Waals surface area contributed by atoms with Gasteiger partial charge in [0.2, 0.25) is 0 Å². The standard InChI is InChI=1S/C21H28O2/c22-15-7-13-20(18-9-3-1-4-10-18)17-21(14-8-16-23)19-11-5-2-6-12-19/h1-6,9-12,20-23H,7-8,13-17H2. The predicted octanol–water partition coefficient (Wildman–Crippen LogP) is 4.49. The molecule has 0 radical (unpaired) electrons. The van der Waals surface area contributed by atoms with Crippen LogP contribution in [-0.4, -0.2) is 23.4 Å². The Morgan fingerprint density at radius 3 is 1.35 bits per heavy atom. The molecule has 2 rings (SSSR count).